The second-order valence-electron chi connectivity index (χ2n) is 5.27. The molecular weight excluding hydrogens is 238 g/mol. The summed E-state index contributed by atoms with van der Waals surface area (Å²) in [4.78, 5) is 18.6. The summed E-state index contributed by atoms with van der Waals surface area (Å²) in [6.07, 6.45) is 6.84. The third kappa shape index (κ3) is 3.46. The van der Waals surface area contributed by atoms with Crippen LogP contribution < -0.4 is 5.32 Å². The number of rotatable bonds is 5. The number of carbonyl (C=O) groups is 1. The first-order valence-electron chi connectivity index (χ1n) is 7.16. The van der Waals surface area contributed by atoms with Crippen LogP contribution in [0.1, 0.15) is 43.0 Å². The van der Waals surface area contributed by atoms with Crippen LogP contribution in [0.3, 0.4) is 0 Å². The van der Waals surface area contributed by atoms with Crippen LogP contribution in [-0.2, 0) is 0 Å². The van der Waals surface area contributed by atoms with Crippen molar-refractivity contribution in [3.8, 4) is 0 Å². The van der Waals surface area contributed by atoms with Crippen molar-refractivity contribution in [1.29, 1.82) is 0 Å². The molecule has 1 aliphatic rings. The van der Waals surface area contributed by atoms with Gasteiger partial charge in [0.1, 0.15) is 5.82 Å². The molecule has 0 spiro atoms. The molecule has 1 fully saturated rings. The highest BCUT2D eigenvalue weighted by Gasteiger charge is 2.21. The Morgan fingerprint density at radius 1 is 1.47 bits per heavy atom. The summed E-state index contributed by atoms with van der Waals surface area (Å²) >= 11 is 0. The molecule has 0 aliphatic heterocycles. The van der Waals surface area contributed by atoms with Gasteiger partial charge in [-0.1, -0.05) is 12.8 Å². The summed E-state index contributed by atoms with van der Waals surface area (Å²) in [6.45, 7) is 3.63. The van der Waals surface area contributed by atoms with Crippen LogP contribution in [0.25, 0.3) is 0 Å². The molecule has 4 nitrogen and oxygen atoms in total. The van der Waals surface area contributed by atoms with Gasteiger partial charge in [-0.15, -0.1) is 0 Å². The zero-order valence-electron chi connectivity index (χ0n) is 11.9. The van der Waals surface area contributed by atoms with Crippen LogP contribution in [0.15, 0.2) is 18.3 Å². The zero-order chi connectivity index (χ0) is 13.7. The number of amides is 1. The maximum Gasteiger partial charge on any atom is 0.257 e. The maximum absolute atomic E-state index is 12.5. The van der Waals surface area contributed by atoms with Gasteiger partial charge in [-0.05, 0) is 37.8 Å². The maximum atomic E-state index is 12.5. The fourth-order valence-electron chi connectivity index (χ4n) is 2.75. The number of carbonyl (C=O) groups excluding carboxylic acids is 1. The van der Waals surface area contributed by atoms with Crippen molar-refractivity contribution in [1.82, 2.24) is 9.88 Å². The van der Waals surface area contributed by atoms with Crippen molar-refractivity contribution < 1.29 is 4.79 Å². The smallest absolute Gasteiger partial charge is 0.257 e. The lowest BCUT2D eigenvalue weighted by molar-refractivity contribution is 0.0774. The Hall–Kier alpha value is -1.58. The van der Waals surface area contributed by atoms with Gasteiger partial charge in [-0.3, -0.25) is 4.79 Å². The lowest BCUT2D eigenvalue weighted by Gasteiger charge is -2.22. The van der Waals surface area contributed by atoms with Gasteiger partial charge in [0.2, 0.25) is 0 Å². The average molecular weight is 261 g/mol. The van der Waals surface area contributed by atoms with E-state index in [1.165, 1.54) is 25.7 Å². The topological polar surface area (TPSA) is 45.2 Å². The number of aromatic nitrogens is 1. The molecule has 1 aliphatic carbocycles. The Bertz CT molecular complexity index is 427. The minimum atomic E-state index is 0.0657. The van der Waals surface area contributed by atoms with Crippen LogP contribution in [0.5, 0.6) is 0 Å². The molecule has 104 valence electrons. The lowest BCUT2D eigenvalue weighted by Crippen LogP contribution is -2.31. The predicted octanol–water partition coefficient (Wildman–Crippen LogP) is 2.78. The molecule has 0 aromatic carbocycles. The van der Waals surface area contributed by atoms with Crippen LogP contribution in [0.4, 0.5) is 5.82 Å². The number of hydrogen-bond acceptors (Lipinski definition) is 3. The number of hydrogen-bond donors (Lipinski definition) is 1. The minimum absolute atomic E-state index is 0.0657. The molecule has 1 amide bonds. The van der Waals surface area contributed by atoms with Gasteiger partial charge >= 0.3 is 0 Å². The highest BCUT2D eigenvalue weighted by atomic mass is 16.2. The summed E-state index contributed by atoms with van der Waals surface area (Å²) in [6, 6.07) is 3.66. The summed E-state index contributed by atoms with van der Waals surface area (Å²) in [5.41, 5.74) is 0.671. The molecule has 0 saturated heterocycles. The molecule has 19 heavy (non-hydrogen) atoms. The quantitative estimate of drug-likeness (QED) is 0.886. The standard InChI is InChI=1S/C15H23N3O/c1-3-16-14-13(9-6-10-17-14)15(19)18(2)11-12-7-4-5-8-12/h6,9-10,12H,3-5,7-8,11H2,1-2H3,(H,16,17). The summed E-state index contributed by atoms with van der Waals surface area (Å²) in [5.74, 6) is 1.43. The van der Waals surface area contributed by atoms with Crippen LogP contribution >= 0.6 is 0 Å². The van der Waals surface area contributed by atoms with Gasteiger partial charge in [0.25, 0.3) is 5.91 Å². The Kier molecular flexibility index (Phi) is 4.77. The second kappa shape index (κ2) is 6.55. The zero-order valence-corrected chi connectivity index (χ0v) is 11.9. The van der Waals surface area contributed by atoms with E-state index in [9.17, 15) is 4.79 Å². The normalized spacial score (nSPS) is 15.5. The third-order valence-electron chi connectivity index (χ3n) is 3.74. The SMILES string of the molecule is CCNc1ncccc1C(=O)N(C)CC1CCCC1. The van der Waals surface area contributed by atoms with Crippen molar-refractivity contribution in [2.75, 3.05) is 25.5 Å². The highest BCUT2D eigenvalue weighted by molar-refractivity contribution is 5.98. The van der Waals surface area contributed by atoms with E-state index in [1.807, 2.05) is 31.0 Å². The molecule has 1 aromatic rings. The Morgan fingerprint density at radius 2 is 2.21 bits per heavy atom. The fraction of sp³-hybridized carbons (Fsp3) is 0.600. The van der Waals surface area contributed by atoms with E-state index < -0.39 is 0 Å². The Labute approximate surface area is 115 Å². The van der Waals surface area contributed by atoms with E-state index in [1.54, 1.807) is 6.20 Å². The molecule has 0 radical (unpaired) electrons. The summed E-state index contributed by atoms with van der Waals surface area (Å²) in [5, 5.41) is 3.15. The number of anilines is 1. The van der Waals surface area contributed by atoms with Crippen molar-refractivity contribution in [2.24, 2.45) is 5.92 Å². The largest absolute Gasteiger partial charge is 0.370 e. The monoisotopic (exact) mass is 261 g/mol. The molecule has 4 heteroatoms. The Morgan fingerprint density at radius 3 is 2.89 bits per heavy atom. The van der Waals surface area contributed by atoms with Gasteiger partial charge < -0.3 is 10.2 Å². The van der Waals surface area contributed by atoms with Gasteiger partial charge in [-0.25, -0.2) is 4.98 Å². The number of nitrogens with one attached hydrogen (secondary N) is 1. The van der Waals surface area contributed by atoms with E-state index in [2.05, 4.69) is 10.3 Å². The van der Waals surface area contributed by atoms with Crippen LogP contribution in [0, 0.1) is 5.92 Å². The van der Waals surface area contributed by atoms with Crippen molar-refractivity contribution >= 4 is 11.7 Å². The first kappa shape index (κ1) is 13.8. The summed E-state index contributed by atoms with van der Waals surface area (Å²) in [7, 11) is 1.89. The molecule has 1 aromatic heterocycles. The van der Waals surface area contributed by atoms with Crippen LogP contribution in [-0.4, -0.2) is 35.9 Å². The molecule has 0 unspecified atom stereocenters. The fourth-order valence-corrected chi connectivity index (χ4v) is 2.75. The van der Waals surface area contributed by atoms with Crippen molar-refractivity contribution in [3.05, 3.63) is 23.9 Å². The number of pyridine rings is 1. The van der Waals surface area contributed by atoms with E-state index in [-0.39, 0.29) is 5.91 Å². The molecule has 1 N–H and O–H groups in total. The molecule has 0 bridgehead atoms. The first-order chi connectivity index (χ1) is 9.22. The predicted molar refractivity (Wildman–Crippen MR) is 77.3 cm³/mol. The molecular formula is C15H23N3O. The average Bonchev–Trinajstić information content (AvgIpc) is 2.92. The molecule has 0 atom stereocenters. The van der Waals surface area contributed by atoms with E-state index in [0.717, 1.165) is 13.1 Å². The molecule has 1 heterocycles. The molecule has 2 rings (SSSR count). The van der Waals surface area contributed by atoms with E-state index in [0.29, 0.717) is 17.3 Å². The van der Waals surface area contributed by atoms with Gasteiger partial charge in [0, 0.05) is 26.3 Å². The van der Waals surface area contributed by atoms with Gasteiger partial charge in [-0.2, -0.15) is 0 Å². The van der Waals surface area contributed by atoms with E-state index in [4.69, 9.17) is 0 Å². The summed E-state index contributed by atoms with van der Waals surface area (Å²) < 4.78 is 0. The minimum Gasteiger partial charge on any atom is -0.370 e. The van der Waals surface area contributed by atoms with Crippen molar-refractivity contribution in [3.63, 3.8) is 0 Å². The first-order valence-corrected chi connectivity index (χ1v) is 7.16. The van der Waals surface area contributed by atoms with Crippen molar-refractivity contribution in [2.45, 2.75) is 32.6 Å². The highest BCUT2D eigenvalue weighted by Crippen LogP contribution is 2.26. The van der Waals surface area contributed by atoms with Gasteiger partial charge in [0.05, 0.1) is 5.56 Å². The lowest BCUT2D eigenvalue weighted by atomic mass is 10.1. The molecule has 1 saturated carbocycles. The van der Waals surface area contributed by atoms with Gasteiger partial charge in [0.15, 0.2) is 0 Å². The second-order valence-corrected chi connectivity index (χ2v) is 5.27. The van der Waals surface area contributed by atoms with Crippen LogP contribution in [0.2, 0.25) is 0 Å². The number of nitrogens with zero attached hydrogens (tertiary/aromatic N) is 2. The third-order valence-corrected chi connectivity index (χ3v) is 3.74. The Balaban J connectivity index is 2.05. The van der Waals surface area contributed by atoms with E-state index >= 15 is 0 Å².